The Hall–Kier alpha value is -1.88. The SMILES string of the molecule is CC(C)NC(=O)c1ccccc1NC(=O)C1CCCC(N)C1. The molecule has 0 heterocycles. The normalized spacial score (nSPS) is 21.5. The summed E-state index contributed by atoms with van der Waals surface area (Å²) in [6.45, 7) is 3.81. The van der Waals surface area contributed by atoms with Gasteiger partial charge in [0.1, 0.15) is 0 Å². The lowest BCUT2D eigenvalue weighted by Gasteiger charge is -2.26. The van der Waals surface area contributed by atoms with Crippen molar-refractivity contribution in [3.8, 4) is 0 Å². The highest BCUT2D eigenvalue weighted by molar-refractivity contribution is 6.04. The van der Waals surface area contributed by atoms with E-state index in [2.05, 4.69) is 10.6 Å². The number of nitrogens with one attached hydrogen (secondary N) is 2. The molecule has 5 heteroatoms. The van der Waals surface area contributed by atoms with Gasteiger partial charge in [-0.15, -0.1) is 0 Å². The van der Waals surface area contributed by atoms with Gasteiger partial charge in [0, 0.05) is 18.0 Å². The first-order valence-corrected chi connectivity index (χ1v) is 7.93. The predicted octanol–water partition coefficient (Wildman–Crippen LogP) is 2.28. The highest BCUT2D eigenvalue weighted by Crippen LogP contribution is 2.25. The Balaban J connectivity index is 2.09. The maximum absolute atomic E-state index is 12.4. The van der Waals surface area contributed by atoms with E-state index in [4.69, 9.17) is 5.73 Å². The van der Waals surface area contributed by atoms with Gasteiger partial charge in [-0.1, -0.05) is 18.6 Å². The van der Waals surface area contributed by atoms with Crippen LogP contribution in [0.5, 0.6) is 0 Å². The van der Waals surface area contributed by atoms with Crippen molar-refractivity contribution in [3.63, 3.8) is 0 Å². The quantitative estimate of drug-likeness (QED) is 0.798. The third kappa shape index (κ3) is 4.31. The van der Waals surface area contributed by atoms with Crippen molar-refractivity contribution in [1.82, 2.24) is 5.32 Å². The lowest BCUT2D eigenvalue weighted by molar-refractivity contribution is -0.120. The second kappa shape index (κ2) is 7.40. The van der Waals surface area contributed by atoms with Gasteiger partial charge >= 0.3 is 0 Å². The maximum atomic E-state index is 12.4. The zero-order valence-electron chi connectivity index (χ0n) is 13.3. The number of carbonyl (C=O) groups is 2. The molecule has 4 N–H and O–H groups in total. The summed E-state index contributed by atoms with van der Waals surface area (Å²) in [5.41, 5.74) is 7.00. The summed E-state index contributed by atoms with van der Waals surface area (Å²) in [7, 11) is 0. The van der Waals surface area contributed by atoms with Crippen LogP contribution in [0.2, 0.25) is 0 Å². The van der Waals surface area contributed by atoms with Crippen molar-refractivity contribution < 1.29 is 9.59 Å². The molecule has 2 amide bonds. The second-order valence-corrected chi connectivity index (χ2v) is 6.29. The molecular weight excluding hydrogens is 278 g/mol. The van der Waals surface area contributed by atoms with Gasteiger partial charge in [-0.2, -0.15) is 0 Å². The molecule has 1 fully saturated rings. The van der Waals surface area contributed by atoms with Crippen LogP contribution in [0.25, 0.3) is 0 Å². The van der Waals surface area contributed by atoms with E-state index in [0.29, 0.717) is 17.7 Å². The second-order valence-electron chi connectivity index (χ2n) is 6.29. The van der Waals surface area contributed by atoms with Crippen LogP contribution >= 0.6 is 0 Å². The fraction of sp³-hybridized carbons (Fsp3) is 0.529. The van der Waals surface area contributed by atoms with Crippen molar-refractivity contribution in [1.29, 1.82) is 0 Å². The molecular formula is C17H25N3O2. The Morgan fingerprint density at radius 3 is 2.64 bits per heavy atom. The van der Waals surface area contributed by atoms with Gasteiger partial charge in [0.05, 0.1) is 11.3 Å². The topological polar surface area (TPSA) is 84.2 Å². The van der Waals surface area contributed by atoms with Crippen LogP contribution in [0.4, 0.5) is 5.69 Å². The Morgan fingerprint density at radius 1 is 1.23 bits per heavy atom. The monoisotopic (exact) mass is 303 g/mol. The van der Waals surface area contributed by atoms with Crippen molar-refractivity contribution in [2.24, 2.45) is 11.7 Å². The summed E-state index contributed by atoms with van der Waals surface area (Å²) >= 11 is 0. The number of benzene rings is 1. The molecule has 1 aliphatic carbocycles. The minimum Gasteiger partial charge on any atom is -0.350 e. The lowest BCUT2D eigenvalue weighted by Crippen LogP contribution is -2.35. The molecule has 22 heavy (non-hydrogen) atoms. The van der Waals surface area contributed by atoms with Crippen LogP contribution in [-0.4, -0.2) is 23.9 Å². The number of para-hydroxylation sites is 1. The van der Waals surface area contributed by atoms with E-state index in [0.717, 1.165) is 19.3 Å². The van der Waals surface area contributed by atoms with Gasteiger partial charge in [-0.05, 0) is 45.2 Å². The van der Waals surface area contributed by atoms with Gasteiger partial charge in [-0.25, -0.2) is 0 Å². The average Bonchev–Trinajstić information content (AvgIpc) is 2.47. The molecule has 2 atom stereocenters. The molecule has 0 saturated heterocycles. The molecule has 2 unspecified atom stereocenters. The molecule has 1 saturated carbocycles. The third-order valence-corrected chi connectivity index (χ3v) is 3.93. The molecule has 120 valence electrons. The molecule has 0 aliphatic heterocycles. The first kappa shape index (κ1) is 16.5. The van der Waals surface area contributed by atoms with E-state index in [1.165, 1.54) is 0 Å². The van der Waals surface area contributed by atoms with E-state index in [1.807, 2.05) is 19.9 Å². The van der Waals surface area contributed by atoms with Crippen LogP contribution < -0.4 is 16.4 Å². The van der Waals surface area contributed by atoms with Gasteiger partial charge in [0.15, 0.2) is 0 Å². The fourth-order valence-electron chi connectivity index (χ4n) is 2.83. The molecule has 1 aliphatic rings. The molecule has 0 radical (unpaired) electrons. The zero-order chi connectivity index (χ0) is 16.1. The van der Waals surface area contributed by atoms with E-state index in [-0.39, 0.29) is 29.8 Å². The van der Waals surface area contributed by atoms with Crippen LogP contribution in [0, 0.1) is 5.92 Å². The van der Waals surface area contributed by atoms with Gasteiger partial charge in [0.25, 0.3) is 5.91 Å². The number of rotatable bonds is 4. The van der Waals surface area contributed by atoms with Crippen molar-refractivity contribution >= 4 is 17.5 Å². The van der Waals surface area contributed by atoms with Crippen LogP contribution in [-0.2, 0) is 4.79 Å². The average molecular weight is 303 g/mol. The smallest absolute Gasteiger partial charge is 0.253 e. The third-order valence-electron chi connectivity index (χ3n) is 3.93. The first-order valence-electron chi connectivity index (χ1n) is 7.93. The highest BCUT2D eigenvalue weighted by Gasteiger charge is 2.26. The number of hydrogen-bond acceptors (Lipinski definition) is 3. The van der Waals surface area contributed by atoms with Crippen LogP contribution in [0.3, 0.4) is 0 Å². The van der Waals surface area contributed by atoms with Gasteiger partial charge < -0.3 is 16.4 Å². The summed E-state index contributed by atoms with van der Waals surface area (Å²) in [4.78, 5) is 24.6. The molecule has 0 bridgehead atoms. The van der Waals surface area contributed by atoms with E-state index < -0.39 is 0 Å². The fourth-order valence-corrected chi connectivity index (χ4v) is 2.83. The molecule has 0 spiro atoms. The minimum atomic E-state index is -0.175. The molecule has 2 rings (SSSR count). The molecule has 5 nitrogen and oxygen atoms in total. The first-order chi connectivity index (χ1) is 10.5. The van der Waals surface area contributed by atoms with E-state index in [1.54, 1.807) is 18.2 Å². The van der Waals surface area contributed by atoms with Crippen molar-refractivity contribution in [3.05, 3.63) is 29.8 Å². The van der Waals surface area contributed by atoms with E-state index >= 15 is 0 Å². The van der Waals surface area contributed by atoms with Crippen molar-refractivity contribution in [2.45, 2.75) is 51.6 Å². The van der Waals surface area contributed by atoms with E-state index in [9.17, 15) is 9.59 Å². The summed E-state index contributed by atoms with van der Waals surface area (Å²) in [6, 6.07) is 7.24. The number of anilines is 1. The standard InChI is InChI=1S/C17H25N3O2/c1-11(2)19-17(22)14-8-3-4-9-15(14)20-16(21)12-6-5-7-13(18)10-12/h3-4,8-9,11-13H,5-7,10,18H2,1-2H3,(H,19,22)(H,20,21). The number of amides is 2. The summed E-state index contributed by atoms with van der Waals surface area (Å²) in [5.74, 6) is -0.281. The Kier molecular flexibility index (Phi) is 5.55. The number of hydrogen-bond donors (Lipinski definition) is 3. The maximum Gasteiger partial charge on any atom is 0.253 e. The Labute approximate surface area is 131 Å². The Morgan fingerprint density at radius 2 is 1.95 bits per heavy atom. The summed E-state index contributed by atoms with van der Waals surface area (Å²) < 4.78 is 0. The van der Waals surface area contributed by atoms with Crippen LogP contribution in [0.15, 0.2) is 24.3 Å². The lowest BCUT2D eigenvalue weighted by atomic mass is 9.85. The Bertz CT molecular complexity index is 542. The largest absolute Gasteiger partial charge is 0.350 e. The molecule has 0 aromatic heterocycles. The summed E-state index contributed by atoms with van der Waals surface area (Å²) in [6.07, 6.45) is 3.54. The van der Waals surface area contributed by atoms with Crippen LogP contribution in [0.1, 0.15) is 49.9 Å². The number of nitrogens with two attached hydrogens (primary N) is 1. The minimum absolute atomic E-state index is 0.0417. The zero-order valence-corrected chi connectivity index (χ0v) is 13.3. The van der Waals surface area contributed by atoms with Crippen molar-refractivity contribution in [2.75, 3.05) is 5.32 Å². The molecule has 1 aromatic rings. The summed E-state index contributed by atoms with van der Waals surface area (Å²) in [5, 5.41) is 5.75. The van der Waals surface area contributed by atoms with Gasteiger partial charge in [0.2, 0.25) is 5.91 Å². The van der Waals surface area contributed by atoms with Gasteiger partial charge in [-0.3, -0.25) is 9.59 Å². The molecule has 1 aromatic carbocycles. The number of carbonyl (C=O) groups excluding carboxylic acids is 2. The predicted molar refractivity (Wildman–Crippen MR) is 87.6 cm³/mol. The highest BCUT2D eigenvalue weighted by atomic mass is 16.2.